The normalized spacial score (nSPS) is 9.67. The number of para-hydroxylation sites is 1. The summed E-state index contributed by atoms with van der Waals surface area (Å²) in [6.07, 6.45) is 3.84. The van der Waals surface area contributed by atoms with Gasteiger partial charge < -0.3 is 4.98 Å². The maximum atomic E-state index is 3.55. The average molecular weight is 155 g/mol. The topological polar surface area (TPSA) is 15.8 Å². The van der Waals surface area contributed by atoms with Crippen LogP contribution in [-0.2, 0) is 0 Å². The Morgan fingerprint density at radius 3 is 3.00 bits per heavy atom. The van der Waals surface area contributed by atoms with Gasteiger partial charge in [0.05, 0.1) is 0 Å². The van der Waals surface area contributed by atoms with E-state index in [1.807, 2.05) is 24.4 Å². The van der Waals surface area contributed by atoms with E-state index in [-0.39, 0.29) is 0 Å². The van der Waals surface area contributed by atoms with Crippen LogP contribution in [0.3, 0.4) is 0 Å². The number of nitrogens with one attached hydrogen (secondary N) is 1. The Labute approximate surface area is 71.0 Å². The van der Waals surface area contributed by atoms with Crippen LogP contribution in [0.25, 0.3) is 17.0 Å². The summed E-state index contributed by atoms with van der Waals surface area (Å²) in [7, 11) is 0. The van der Waals surface area contributed by atoms with Crippen LogP contribution in [0.15, 0.2) is 42.8 Å². The first-order valence-corrected chi connectivity index (χ1v) is 3.84. The standard InChI is InChI=1S/C11H9N/c1-2-5-9-8-12-11-7-4-3-6-10(9)11/h3-8,12H,1H2. The predicted molar refractivity (Wildman–Crippen MR) is 51.9 cm³/mol. The first-order valence-electron chi connectivity index (χ1n) is 3.84. The summed E-state index contributed by atoms with van der Waals surface area (Å²) in [5.41, 5.74) is 5.06. The largest absolute Gasteiger partial charge is 0.361 e. The Bertz CT molecular complexity index is 445. The van der Waals surface area contributed by atoms with E-state index in [1.165, 1.54) is 5.39 Å². The molecule has 0 radical (unpaired) electrons. The summed E-state index contributed by atoms with van der Waals surface area (Å²) in [5.74, 6) is 0. The number of hydrogen-bond donors (Lipinski definition) is 1. The van der Waals surface area contributed by atoms with Crippen LogP contribution < -0.4 is 0 Å². The number of hydrogen-bond acceptors (Lipinski definition) is 0. The van der Waals surface area contributed by atoms with Crippen molar-refractivity contribution < 1.29 is 0 Å². The maximum absolute atomic E-state index is 3.55. The molecule has 2 rings (SSSR count). The molecule has 12 heavy (non-hydrogen) atoms. The van der Waals surface area contributed by atoms with Crippen molar-refractivity contribution in [3.05, 3.63) is 48.3 Å². The van der Waals surface area contributed by atoms with E-state index in [2.05, 4.69) is 29.4 Å². The molecule has 58 valence electrons. The van der Waals surface area contributed by atoms with E-state index < -0.39 is 0 Å². The fourth-order valence-electron chi connectivity index (χ4n) is 1.32. The molecule has 0 unspecified atom stereocenters. The number of aromatic nitrogens is 1. The van der Waals surface area contributed by atoms with Crippen molar-refractivity contribution in [1.29, 1.82) is 0 Å². The Balaban J connectivity index is 2.78. The van der Waals surface area contributed by atoms with Crippen LogP contribution in [0, 0.1) is 0 Å². The highest BCUT2D eigenvalue weighted by Crippen LogP contribution is 2.17. The second-order valence-corrected chi connectivity index (χ2v) is 2.64. The molecule has 0 amide bonds. The minimum Gasteiger partial charge on any atom is -0.361 e. The van der Waals surface area contributed by atoms with Crippen LogP contribution in [0.2, 0.25) is 0 Å². The molecule has 1 aromatic carbocycles. The van der Waals surface area contributed by atoms with Crippen molar-refractivity contribution in [2.45, 2.75) is 0 Å². The van der Waals surface area contributed by atoms with Gasteiger partial charge in [-0.3, -0.25) is 0 Å². The van der Waals surface area contributed by atoms with Crippen molar-refractivity contribution in [3.8, 4) is 0 Å². The molecule has 2 aromatic rings. The molecule has 0 aliphatic carbocycles. The smallest absolute Gasteiger partial charge is 0.0460 e. The lowest BCUT2D eigenvalue weighted by Gasteiger charge is -1.87. The first kappa shape index (κ1) is 6.96. The SMILES string of the molecule is C=C=Cc1c[nH]c2ccccc12. The second-order valence-electron chi connectivity index (χ2n) is 2.64. The number of H-pyrrole nitrogens is 1. The monoisotopic (exact) mass is 155 g/mol. The predicted octanol–water partition coefficient (Wildman–Crippen LogP) is 2.97. The molecule has 1 nitrogen and oxygen atoms in total. The van der Waals surface area contributed by atoms with Crippen molar-refractivity contribution in [2.75, 3.05) is 0 Å². The highest BCUT2D eigenvalue weighted by Gasteiger charge is 1.97. The van der Waals surface area contributed by atoms with Crippen LogP contribution in [0.1, 0.15) is 5.56 Å². The van der Waals surface area contributed by atoms with Gasteiger partial charge in [0.25, 0.3) is 0 Å². The zero-order chi connectivity index (χ0) is 8.39. The quantitative estimate of drug-likeness (QED) is 0.609. The molecule has 0 saturated heterocycles. The van der Waals surface area contributed by atoms with E-state index in [4.69, 9.17) is 0 Å². The van der Waals surface area contributed by atoms with Crippen molar-refractivity contribution in [2.24, 2.45) is 0 Å². The van der Waals surface area contributed by atoms with E-state index in [0.717, 1.165) is 11.1 Å². The maximum Gasteiger partial charge on any atom is 0.0460 e. The number of fused-ring (bicyclic) bond motifs is 1. The molecule has 0 aliphatic heterocycles. The molecular formula is C11H9N. The summed E-state index contributed by atoms with van der Waals surface area (Å²) in [6, 6.07) is 8.17. The molecule has 0 saturated carbocycles. The summed E-state index contributed by atoms with van der Waals surface area (Å²) in [5, 5.41) is 1.22. The molecule has 0 aliphatic rings. The van der Waals surface area contributed by atoms with Gasteiger partial charge in [0, 0.05) is 22.7 Å². The van der Waals surface area contributed by atoms with Gasteiger partial charge >= 0.3 is 0 Å². The lowest BCUT2D eigenvalue weighted by atomic mass is 10.2. The summed E-state index contributed by atoms with van der Waals surface area (Å²) >= 11 is 0. The highest BCUT2D eigenvalue weighted by atomic mass is 14.7. The Morgan fingerprint density at radius 1 is 1.33 bits per heavy atom. The molecule has 0 spiro atoms. The van der Waals surface area contributed by atoms with Gasteiger partial charge in [-0.2, -0.15) is 0 Å². The summed E-state index contributed by atoms with van der Waals surface area (Å²) in [4.78, 5) is 3.17. The highest BCUT2D eigenvalue weighted by molar-refractivity contribution is 5.88. The van der Waals surface area contributed by atoms with E-state index >= 15 is 0 Å². The number of benzene rings is 1. The second kappa shape index (κ2) is 2.72. The van der Waals surface area contributed by atoms with Crippen LogP contribution in [0.4, 0.5) is 0 Å². The van der Waals surface area contributed by atoms with Crippen molar-refractivity contribution >= 4 is 17.0 Å². The molecule has 1 heteroatoms. The molecule has 0 bridgehead atoms. The fraction of sp³-hybridized carbons (Fsp3) is 0. The Morgan fingerprint density at radius 2 is 2.17 bits per heavy atom. The average Bonchev–Trinajstić information content (AvgIpc) is 2.50. The van der Waals surface area contributed by atoms with Gasteiger partial charge in [0.2, 0.25) is 0 Å². The molecule has 1 aromatic heterocycles. The van der Waals surface area contributed by atoms with E-state index in [0.29, 0.717) is 0 Å². The van der Waals surface area contributed by atoms with Crippen LogP contribution >= 0.6 is 0 Å². The van der Waals surface area contributed by atoms with Crippen LogP contribution in [-0.4, -0.2) is 4.98 Å². The third kappa shape index (κ3) is 0.969. The Kier molecular flexibility index (Phi) is 1.58. The summed E-state index contributed by atoms with van der Waals surface area (Å²) in [6.45, 7) is 3.55. The van der Waals surface area contributed by atoms with Gasteiger partial charge in [-0.05, 0) is 12.1 Å². The van der Waals surface area contributed by atoms with Crippen LogP contribution in [0.5, 0.6) is 0 Å². The molecule has 1 N–H and O–H groups in total. The van der Waals surface area contributed by atoms with Gasteiger partial charge in [-0.1, -0.05) is 24.8 Å². The number of rotatable bonds is 1. The molecule has 1 heterocycles. The fourth-order valence-corrected chi connectivity index (χ4v) is 1.32. The first-order chi connectivity index (χ1) is 5.92. The van der Waals surface area contributed by atoms with Gasteiger partial charge in [-0.15, -0.1) is 5.73 Å². The van der Waals surface area contributed by atoms with E-state index in [1.54, 1.807) is 0 Å². The lowest BCUT2D eigenvalue weighted by Crippen LogP contribution is -1.65. The minimum atomic E-state index is 1.14. The number of aromatic amines is 1. The van der Waals surface area contributed by atoms with Gasteiger partial charge in [0.15, 0.2) is 0 Å². The van der Waals surface area contributed by atoms with Gasteiger partial charge in [0.1, 0.15) is 0 Å². The summed E-state index contributed by atoms with van der Waals surface area (Å²) < 4.78 is 0. The van der Waals surface area contributed by atoms with Crippen molar-refractivity contribution in [1.82, 2.24) is 4.98 Å². The third-order valence-corrected chi connectivity index (χ3v) is 1.88. The third-order valence-electron chi connectivity index (χ3n) is 1.88. The minimum absolute atomic E-state index is 1.14. The zero-order valence-electron chi connectivity index (χ0n) is 6.67. The zero-order valence-corrected chi connectivity index (χ0v) is 6.67. The van der Waals surface area contributed by atoms with E-state index in [9.17, 15) is 0 Å². The molecule has 0 atom stereocenters. The lowest BCUT2D eigenvalue weighted by molar-refractivity contribution is 1.47. The molecule has 0 fully saturated rings. The Hall–Kier alpha value is -1.72. The van der Waals surface area contributed by atoms with Crippen molar-refractivity contribution in [3.63, 3.8) is 0 Å². The van der Waals surface area contributed by atoms with Gasteiger partial charge in [-0.25, -0.2) is 0 Å². The molecular weight excluding hydrogens is 146 g/mol.